The number of halogens is 3. The van der Waals surface area contributed by atoms with E-state index < -0.39 is 17.8 Å². The summed E-state index contributed by atoms with van der Waals surface area (Å²) in [6.45, 7) is 4.30. The van der Waals surface area contributed by atoms with E-state index in [1.807, 2.05) is 31.2 Å². The van der Waals surface area contributed by atoms with Crippen molar-refractivity contribution in [1.29, 1.82) is 0 Å². The number of aromatic nitrogens is 3. The van der Waals surface area contributed by atoms with Crippen molar-refractivity contribution in [2.75, 3.05) is 40.5 Å². The second-order valence-corrected chi connectivity index (χ2v) is 10.3. The van der Waals surface area contributed by atoms with Gasteiger partial charge in [-0.3, -0.25) is 9.69 Å². The molecule has 42 heavy (non-hydrogen) atoms. The van der Waals surface area contributed by atoms with Crippen LogP contribution in [0.5, 0.6) is 11.5 Å². The third kappa shape index (κ3) is 5.39. The van der Waals surface area contributed by atoms with Gasteiger partial charge < -0.3 is 19.5 Å². The fourth-order valence-electron chi connectivity index (χ4n) is 5.59. The van der Waals surface area contributed by atoms with Gasteiger partial charge in [-0.2, -0.15) is 18.3 Å². The van der Waals surface area contributed by atoms with Crippen LogP contribution in [0.1, 0.15) is 40.1 Å². The molecule has 1 N–H and O–H groups in total. The van der Waals surface area contributed by atoms with Crippen LogP contribution < -0.4 is 9.47 Å². The number of fused-ring (bicyclic) bond motifs is 1. The smallest absolute Gasteiger partial charge is 0.433 e. The maximum absolute atomic E-state index is 14.3. The quantitative estimate of drug-likeness (QED) is 0.340. The van der Waals surface area contributed by atoms with E-state index in [1.54, 1.807) is 36.3 Å². The highest BCUT2D eigenvalue weighted by atomic mass is 19.4. The molecule has 5 rings (SSSR count). The van der Waals surface area contributed by atoms with E-state index in [1.165, 1.54) is 14.0 Å². The number of benzene rings is 2. The maximum atomic E-state index is 14.3. The molecule has 0 radical (unpaired) electrons. The summed E-state index contributed by atoms with van der Waals surface area (Å²) in [5, 5.41) is 14.2. The lowest BCUT2D eigenvalue weighted by Crippen LogP contribution is -2.55. The topological polar surface area (TPSA) is 92.4 Å². The van der Waals surface area contributed by atoms with Gasteiger partial charge in [0.05, 0.1) is 38.8 Å². The number of aliphatic hydroxyl groups excluding tert-OH is 1. The summed E-state index contributed by atoms with van der Waals surface area (Å²) in [5.74, 6) is 0.775. The number of alkyl halides is 3. The summed E-state index contributed by atoms with van der Waals surface area (Å²) in [6, 6.07) is 13.4. The number of carbonyl (C=O) groups is 1. The van der Waals surface area contributed by atoms with E-state index in [-0.39, 0.29) is 41.2 Å². The van der Waals surface area contributed by atoms with E-state index in [2.05, 4.69) is 15.0 Å². The number of methoxy groups -OCH3 is 2. The summed E-state index contributed by atoms with van der Waals surface area (Å²) in [5.41, 5.74) is 0.183. The second-order valence-electron chi connectivity index (χ2n) is 10.3. The van der Waals surface area contributed by atoms with Gasteiger partial charge in [0.25, 0.3) is 5.91 Å². The first-order chi connectivity index (χ1) is 20.1. The summed E-state index contributed by atoms with van der Waals surface area (Å²) >= 11 is 0. The molecule has 3 heterocycles. The van der Waals surface area contributed by atoms with Gasteiger partial charge >= 0.3 is 6.18 Å². The van der Waals surface area contributed by atoms with Gasteiger partial charge in [-0.25, -0.2) is 9.50 Å². The maximum Gasteiger partial charge on any atom is 0.433 e. The van der Waals surface area contributed by atoms with Crippen molar-refractivity contribution in [3.63, 3.8) is 0 Å². The summed E-state index contributed by atoms with van der Waals surface area (Å²) in [4.78, 5) is 22.1. The molecule has 0 aliphatic carbocycles. The van der Waals surface area contributed by atoms with Crippen LogP contribution in [0.3, 0.4) is 0 Å². The summed E-state index contributed by atoms with van der Waals surface area (Å²) in [6.07, 6.45) is -3.58. The zero-order chi connectivity index (χ0) is 30.2. The Morgan fingerprint density at radius 2 is 1.81 bits per heavy atom. The molecule has 12 heteroatoms. The van der Waals surface area contributed by atoms with Crippen molar-refractivity contribution in [3.05, 3.63) is 77.1 Å². The second kappa shape index (κ2) is 11.6. The molecular weight excluding hydrogens is 551 g/mol. The molecule has 0 saturated carbocycles. The van der Waals surface area contributed by atoms with Crippen LogP contribution in [0.25, 0.3) is 16.9 Å². The molecule has 4 aromatic rings. The Kier molecular flexibility index (Phi) is 8.11. The van der Waals surface area contributed by atoms with Crippen LogP contribution in [-0.4, -0.2) is 81.9 Å². The monoisotopic (exact) mass is 583 g/mol. The zero-order valence-electron chi connectivity index (χ0n) is 23.7. The standard InChI is InChI=1S/C30H32F3N5O4/c1-18-16-36(25(17-39)21-6-5-7-23(14-21)42-4)12-13-37(18)29(40)24-15-34-38-27(30(31,32)33)19(2)26(35-28(24)38)20-8-10-22(41-3)11-9-20/h5-11,14-15,18,25,39H,12-13,16-17H2,1-4H3/t18-,25-/m1/s1. The van der Waals surface area contributed by atoms with Crippen LogP contribution in [0.2, 0.25) is 0 Å². The van der Waals surface area contributed by atoms with E-state index in [9.17, 15) is 23.1 Å². The molecule has 1 amide bonds. The lowest BCUT2D eigenvalue weighted by Gasteiger charge is -2.43. The molecule has 9 nitrogen and oxygen atoms in total. The third-order valence-corrected chi connectivity index (χ3v) is 7.76. The Labute approximate surface area is 241 Å². The first kappa shape index (κ1) is 29.3. The van der Waals surface area contributed by atoms with Crippen LogP contribution in [0.4, 0.5) is 13.2 Å². The Bertz CT molecular complexity index is 1590. The van der Waals surface area contributed by atoms with E-state index in [0.717, 1.165) is 11.8 Å². The van der Waals surface area contributed by atoms with E-state index >= 15 is 0 Å². The van der Waals surface area contributed by atoms with Crippen molar-refractivity contribution < 1.29 is 32.5 Å². The number of piperazine rings is 1. The largest absolute Gasteiger partial charge is 0.497 e. The Balaban J connectivity index is 1.47. The van der Waals surface area contributed by atoms with Crippen molar-refractivity contribution >= 4 is 11.6 Å². The summed E-state index contributed by atoms with van der Waals surface area (Å²) in [7, 11) is 3.08. The Morgan fingerprint density at radius 1 is 1.10 bits per heavy atom. The van der Waals surface area contributed by atoms with Gasteiger partial charge in [0.2, 0.25) is 0 Å². The lowest BCUT2D eigenvalue weighted by atomic mass is 10.0. The van der Waals surface area contributed by atoms with Gasteiger partial charge in [0, 0.05) is 36.8 Å². The molecule has 2 aromatic carbocycles. The molecule has 1 aliphatic heterocycles. The van der Waals surface area contributed by atoms with Gasteiger partial charge in [-0.05, 0) is 55.8 Å². The Hall–Kier alpha value is -4.16. The average Bonchev–Trinajstić information content (AvgIpc) is 3.39. The molecule has 1 saturated heterocycles. The minimum Gasteiger partial charge on any atom is -0.497 e. The van der Waals surface area contributed by atoms with Crippen LogP contribution in [0, 0.1) is 6.92 Å². The minimum absolute atomic E-state index is 0.0120. The predicted octanol–water partition coefficient (Wildman–Crippen LogP) is 4.62. The highest BCUT2D eigenvalue weighted by molar-refractivity contribution is 6.00. The molecule has 1 fully saturated rings. The van der Waals surface area contributed by atoms with Gasteiger partial charge in [0.15, 0.2) is 11.3 Å². The fourth-order valence-corrected chi connectivity index (χ4v) is 5.59. The number of aliphatic hydroxyl groups is 1. The molecule has 222 valence electrons. The SMILES string of the molecule is COc1ccc(-c2nc3c(C(=O)N4CCN([C@H](CO)c5cccc(OC)c5)C[C@H]4C)cnn3c(C(F)(F)F)c2C)cc1. The lowest BCUT2D eigenvalue weighted by molar-refractivity contribution is -0.143. The highest BCUT2D eigenvalue weighted by Crippen LogP contribution is 2.37. The zero-order valence-corrected chi connectivity index (χ0v) is 23.7. The number of hydrogen-bond acceptors (Lipinski definition) is 7. The fraction of sp³-hybridized carbons (Fsp3) is 0.367. The first-order valence-electron chi connectivity index (χ1n) is 13.5. The molecule has 0 spiro atoms. The molecule has 0 bridgehead atoms. The average molecular weight is 584 g/mol. The van der Waals surface area contributed by atoms with Crippen molar-refractivity contribution in [3.8, 4) is 22.8 Å². The highest BCUT2D eigenvalue weighted by Gasteiger charge is 2.39. The van der Waals surface area contributed by atoms with Gasteiger partial charge in [0.1, 0.15) is 17.1 Å². The molecule has 2 aromatic heterocycles. The third-order valence-electron chi connectivity index (χ3n) is 7.76. The number of nitrogens with zero attached hydrogens (tertiary/aromatic N) is 5. The molecule has 2 atom stereocenters. The number of carbonyl (C=O) groups excluding carboxylic acids is 1. The first-order valence-corrected chi connectivity index (χ1v) is 13.5. The number of rotatable bonds is 7. The van der Waals surface area contributed by atoms with E-state index in [0.29, 0.717) is 41.2 Å². The van der Waals surface area contributed by atoms with Gasteiger partial charge in [-0.1, -0.05) is 12.1 Å². The van der Waals surface area contributed by atoms with Crippen molar-refractivity contribution in [1.82, 2.24) is 24.4 Å². The summed E-state index contributed by atoms with van der Waals surface area (Å²) < 4.78 is 54.2. The van der Waals surface area contributed by atoms with Gasteiger partial charge in [-0.15, -0.1) is 0 Å². The van der Waals surface area contributed by atoms with Crippen molar-refractivity contribution in [2.45, 2.75) is 32.1 Å². The number of hydrogen-bond donors (Lipinski definition) is 1. The van der Waals surface area contributed by atoms with Crippen molar-refractivity contribution in [2.24, 2.45) is 0 Å². The minimum atomic E-state index is -4.74. The Morgan fingerprint density at radius 3 is 2.43 bits per heavy atom. The normalized spacial score (nSPS) is 17.0. The molecule has 0 unspecified atom stereocenters. The number of ether oxygens (including phenoxy) is 2. The van der Waals surface area contributed by atoms with Crippen LogP contribution >= 0.6 is 0 Å². The van der Waals surface area contributed by atoms with E-state index in [4.69, 9.17) is 9.47 Å². The van der Waals surface area contributed by atoms with Crippen LogP contribution in [-0.2, 0) is 6.18 Å². The molecular formula is C30H32F3N5O4. The van der Waals surface area contributed by atoms with Crippen LogP contribution in [0.15, 0.2) is 54.7 Å². The number of amides is 1. The predicted molar refractivity (Wildman–Crippen MR) is 150 cm³/mol. The molecule has 1 aliphatic rings.